The molecule has 0 fully saturated rings. The molecule has 0 saturated heterocycles. The highest BCUT2D eigenvalue weighted by Crippen LogP contribution is 2.19. The zero-order valence-corrected chi connectivity index (χ0v) is 13.1. The summed E-state index contributed by atoms with van der Waals surface area (Å²) in [7, 11) is 0. The third-order valence-corrected chi connectivity index (χ3v) is 3.12. The van der Waals surface area contributed by atoms with Crippen LogP contribution in [0.1, 0.15) is 33.3 Å². The van der Waals surface area contributed by atoms with Crippen molar-refractivity contribution in [3.63, 3.8) is 0 Å². The van der Waals surface area contributed by atoms with Gasteiger partial charge in [-0.25, -0.2) is 0 Å². The van der Waals surface area contributed by atoms with Gasteiger partial charge in [0.1, 0.15) is 0 Å². The monoisotopic (exact) mass is 260 g/mol. The van der Waals surface area contributed by atoms with Crippen LogP contribution in [0.15, 0.2) is 36.4 Å². The van der Waals surface area contributed by atoms with E-state index in [-0.39, 0.29) is 5.54 Å². The molecule has 0 radical (unpaired) electrons. The molecule has 0 heterocycles. The first kappa shape index (κ1) is 15.8. The van der Waals surface area contributed by atoms with E-state index in [1.807, 2.05) is 0 Å². The molecule has 0 saturated carbocycles. The van der Waals surface area contributed by atoms with Crippen molar-refractivity contribution in [2.24, 2.45) is 0 Å². The van der Waals surface area contributed by atoms with E-state index in [2.05, 4.69) is 75.7 Å². The van der Waals surface area contributed by atoms with Crippen LogP contribution < -0.4 is 10.2 Å². The van der Waals surface area contributed by atoms with Gasteiger partial charge in [0, 0.05) is 30.9 Å². The summed E-state index contributed by atoms with van der Waals surface area (Å²) in [6.45, 7) is 17.9. The summed E-state index contributed by atoms with van der Waals surface area (Å²) in [5, 5.41) is 3.49. The fourth-order valence-corrected chi connectivity index (χ4v) is 2.00. The van der Waals surface area contributed by atoms with Gasteiger partial charge in [0.05, 0.1) is 0 Å². The molecule has 2 heteroatoms. The fraction of sp³-hybridized carbons (Fsp3) is 0.529. The minimum Gasteiger partial charge on any atom is -0.368 e. The van der Waals surface area contributed by atoms with Crippen LogP contribution in [0.5, 0.6) is 0 Å². The maximum absolute atomic E-state index is 4.20. The van der Waals surface area contributed by atoms with Gasteiger partial charge in [-0.05, 0) is 51.8 Å². The van der Waals surface area contributed by atoms with Crippen molar-refractivity contribution < 1.29 is 0 Å². The lowest BCUT2D eigenvalue weighted by atomic mass is 10.1. The minimum atomic E-state index is 0.142. The number of anilines is 1. The quantitative estimate of drug-likeness (QED) is 0.783. The van der Waals surface area contributed by atoms with Crippen LogP contribution in [0, 0.1) is 6.92 Å². The van der Waals surface area contributed by atoms with E-state index in [9.17, 15) is 0 Å². The fourth-order valence-electron chi connectivity index (χ4n) is 2.00. The number of likely N-dealkylation sites (N-methyl/N-ethyl adjacent to an activating group) is 1. The van der Waals surface area contributed by atoms with Gasteiger partial charge in [-0.3, -0.25) is 0 Å². The summed E-state index contributed by atoms with van der Waals surface area (Å²) in [6, 6.07) is 8.53. The molecule has 2 nitrogen and oxygen atoms in total. The minimum absolute atomic E-state index is 0.142. The summed E-state index contributed by atoms with van der Waals surface area (Å²) >= 11 is 0. The molecular formula is C17H28N2. The highest BCUT2D eigenvalue weighted by atomic mass is 15.1. The highest BCUT2D eigenvalue weighted by molar-refractivity contribution is 5.53. The van der Waals surface area contributed by atoms with Gasteiger partial charge in [0.15, 0.2) is 0 Å². The van der Waals surface area contributed by atoms with E-state index >= 15 is 0 Å². The van der Waals surface area contributed by atoms with Gasteiger partial charge in [-0.15, -0.1) is 0 Å². The Hall–Kier alpha value is -1.28. The van der Waals surface area contributed by atoms with E-state index < -0.39 is 0 Å². The Bertz CT molecular complexity index is 416. The number of nitrogens with one attached hydrogen (secondary N) is 1. The second-order valence-corrected chi connectivity index (χ2v) is 6.15. The van der Waals surface area contributed by atoms with Crippen molar-refractivity contribution >= 4 is 5.69 Å². The Balaban J connectivity index is 2.63. The van der Waals surface area contributed by atoms with Crippen LogP contribution in [0.2, 0.25) is 0 Å². The van der Waals surface area contributed by atoms with Crippen molar-refractivity contribution in [3.05, 3.63) is 42.0 Å². The summed E-state index contributed by atoms with van der Waals surface area (Å²) in [5.74, 6) is 0. The van der Waals surface area contributed by atoms with Crippen LogP contribution in [-0.4, -0.2) is 25.2 Å². The number of hydrogen-bond donors (Lipinski definition) is 1. The third-order valence-electron chi connectivity index (χ3n) is 3.12. The van der Waals surface area contributed by atoms with E-state index in [1.165, 1.54) is 16.8 Å². The number of hydrogen-bond acceptors (Lipinski definition) is 2. The van der Waals surface area contributed by atoms with Gasteiger partial charge < -0.3 is 10.2 Å². The normalized spacial score (nSPS) is 11.4. The SMILES string of the molecule is C=C(CNC(C)(C)C)CN(CC)c1ccccc1C. The lowest BCUT2D eigenvalue weighted by molar-refractivity contribution is 0.443. The Morgan fingerprint density at radius 1 is 1.26 bits per heavy atom. The predicted molar refractivity (Wildman–Crippen MR) is 86.0 cm³/mol. The molecule has 0 aliphatic carbocycles. The second-order valence-electron chi connectivity index (χ2n) is 6.15. The molecule has 1 aromatic carbocycles. The molecular weight excluding hydrogens is 232 g/mol. The van der Waals surface area contributed by atoms with Crippen molar-refractivity contribution in [1.29, 1.82) is 0 Å². The molecule has 1 aromatic rings. The molecule has 0 aliphatic heterocycles. The molecule has 0 amide bonds. The summed E-state index contributed by atoms with van der Waals surface area (Å²) in [4.78, 5) is 2.38. The molecule has 0 unspecified atom stereocenters. The van der Waals surface area contributed by atoms with E-state index in [1.54, 1.807) is 0 Å². The molecule has 1 rings (SSSR count). The van der Waals surface area contributed by atoms with Crippen LogP contribution in [0.3, 0.4) is 0 Å². The van der Waals surface area contributed by atoms with Gasteiger partial charge in [0.2, 0.25) is 0 Å². The molecule has 0 aromatic heterocycles. The Morgan fingerprint density at radius 2 is 1.89 bits per heavy atom. The maximum Gasteiger partial charge on any atom is 0.0398 e. The van der Waals surface area contributed by atoms with E-state index in [0.29, 0.717) is 0 Å². The lowest BCUT2D eigenvalue weighted by Crippen LogP contribution is -2.39. The van der Waals surface area contributed by atoms with Crippen molar-refractivity contribution in [2.45, 2.75) is 40.2 Å². The first-order chi connectivity index (χ1) is 8.83. The number of para-hydroxylation sites is 1. The molecule has 0 atom stereocenters. The lowest BCUT2D eigenvalue weighted by Gasteiger charge is -2.28. The third kappa shape index (κ3) is 5.48. The smallest absolute Gasteiger partial charge is 0.0398 e. The van der Waals surface area contributed by atoms with Crippen molar-refractivity contribution in [2.75, 3.05) is 24.5 Å². The number of nitrogens with zero attached hydrogens (tertiary/aromatic N) is 1. The maximum atomic E-state index is 4.20. The first-order valence-corrected chi connectivity index (χ1v) is 7.05. The standard InChI is InChI=1S/C17H28N2/c1-7-19(16-11-9-8-10-15(16)3)13-14(2)12-18-17(4,5)6/h8-11,18H,2,7,12-13H2,1,3-6H3. The number of rotatable bonds is 6. The van der Waals surface area contributed by atoms with E-state index in [0.717, 1.165) is 19.6 Å². The Kier molecular flexibility index (Phi) is 5.61. The van der Waals surface area contributed by atoms with Crippen LogP contribution in [0.4, 0.5) is 5.69 Å². The molecule has 0 aliphatic rings. The van der Waals surface area contributed by atoms with Crippen LogP contribution in [0.25, 0.3) is 0 Å². The zero-order chi connectivity index (χ0) is 14.5. The number of aryl methyl sites for hydroxylation is 1. The van der Waals surface area contributed by atoms with E-state index in [4.69, 9.17) is 0 Å². The van der Waals surface area contributed by atoms with Gasteiger partial charge in [0.25, 0.3) is 0 Å². The summed E-state index contributed by atoms with van der Waals surface area (Å²) in [5.41, 5.74) is 3.99. The second kappa shape index (κ2) is 6.76. The molecule has 106 valence electrons. The molecule has 1 N–H and O–H groups in total. The average molecular weight is 260 g/mol. The van der Waals surface area contributed by atoms with Gasteiger partial charge >= 0.3 is 0 Å². The molecule has 0 bridgehead atoms. The van der Waals surface area contributed by atoms with Gasteiger partial charge in [-0.2, -0.15) is 0 Å². The zero-order valence-electron chi connectivity index (χ0n) is 13.1. The predicted octanol–water partition coefficient (Wildman–Crippen LogP) is 3.77. The van der Waals surface area contributed by atoms with Crippen molar-refractivity contribution in [3.8, 4) is 0 Å². The molecule has 0 spiro atoms. The Labute approximate surface area is 118 Å². The van der Waals surface area contributed by atoms with Gasteiger partial charge in [-0.1, -0.05) is 24.8 Å². The Morgan fingerprint density at radius 3 is 2.42 bits per heavy atom. The number of benzene rings is 1. The summed E-state index contributed by atoms with van der Waals surface area (Å²) in [6.07, 6.45) is 0. The van der Waals surface area contributed by atoms with Crippen molar-refractivity contribution in [1.82, 2.24) is 5.32 Å². The largest absolute Gasteiger partial charge is 0.368 e. The molecule has 19 heavy (non-hydrogen) atoms. The average Bonchev–Trinajstić information content (AvgIpc) is 2.33. The summed E-state index contributed by atoms with van der Waals surface area (Å²) < 4.78 is 0. The highest BCUT2D eigenvalue weighted by Gasteiger charge is 2.11. The van der Waals surface area contributed by atoms with Crippen LogP contribution in [-0.2, 0) is 0 Å². The van der Waals surface area contributed by atoms with Crippen LogP contribution >= 0.6 is 0 Å². The first-order valence-electron chi connectivity index (χ1n) is 7.05. The topological polar surface area (TPSA) is 15.3 Å².